The second kappa shape index (κ2) is 14.3. The summed E-state index contributed by atoms with van der Waals surface area (Å²) in [6.07, 6.45) is 11.5. The second-order valence-electron chi connectivity index (χ2n) is 7.85. The van der Waals surface area contributed by atoms with Gasteiger partial charge < -0.3 is 4.89 Å². The van der Waals surface area contributed by atoms with Gasteiger partial charge in [0.25, 0.3) is 10.1 Å². The maximum Gasteiger partial charge on any atom is 0.332 e. The van der Waals surface area contributed by atoms with Gasteiger partial charge in [-0.1, -0.05) is 87.2 Å². The molecule has 0 saturated heterocycles. The van der Waals surface area contributed by atoms with Crippen LogP contribution in [0.15, 0.2) is 64.4 Å². The fourth-order valence-corrected chi connectivity index (χ4v) is 4.88. The molecular weight excluding hydrogens is 464 g/mol. The number of hydrogen-bond donors (Lipinski definition) is 0. The molecule has 0 atom stereocenters. The Balaban J connectivity index is 1.68. The van der Waals surface area contributed by atoms with Gasteiger partial charge in [0.1, 0.15) is 0 Å². The van der Waals surface area contributed by atoms with Crippen LogP contribution in [0.5, 0.6) is 5.75 Å². The van der Waals surface area contributed by atoms with E-state index in [-0.39, 0.29) is 22.1 Å². The standard InChI is InChI=1S/C24H34O7S2/c1-2-3-4-5-6-7-8-9-10-14-21-29-32(25,26)24-19-17-22(18-20-24)30-31-33(27,28)23-15-12-11-13-16-23/h11-13,15-20H,2-10,14,21H2,1H3. The highest BCUT2D eigenvalue weighted by Crippen LogP contribution is 2.20. The Bertz CT molecular complexity index is 1000. The molecule has 9 heteroatoms. The number of rotatable bonds is 17. The van der Waals surface area contributed by atoms with Crippen molar-refractivity contribution in [1.29, 1.82) is 0 Å². The van der Waals surface area contributed by atoms with Gasteiger partial charge >= 0.3 is 10.1 Å². The molecule has 0 heterocycles. The molecule has 0 fully saturated rings. The van der Waals surface area contributed by atoms with Crippen LogP contribution in [0, 0.1) is 0 Å². The molecule has 0 spiro atoms. The third-order valence-corrected chi connectivity index (χ3v) is 7.52. The summed E-state index contributed by atoms with van der Waals surface area (Å²) in [7, 11) is -7.98. The number of unbranched alkanes of at least 4 members (excludes halogenated alkanes) is 9. The van der Waals surface area contributed by atoms with Crippen LogP contribution in [0.1, 0.15) is 71.1 Å². The van der Waals surface area contributed by atoms with Crippen LogP contribution in [-0.2, 0) is 28.8 Å². The predicted octanol–water partition coefficient (Wildman–Crippen LogP) is 6.01. The largest absolute Gasteiger partial charge is 0.332 e. The summed E-state index contributed by atoms with van der Waals surface area (Å²) >= 11 is 0. The van der Waals surface area contributed by atoms with E-state index in [1.165, 1.54) is 81.3 Å². The van der Waals surface area contributed by atoms with E-state index in [1.54, 1.807) is 18.2 Å². The maximum absolute atomic E-state index is 12.3. The Morgan fingerprint density at radius 2 is 1.12 bits per heavy atom. The first-order valence-electron chi connectivity index (χ1n) is 11.5. The molecule has 0 aliphatic heterocycles. The van der Waals surface area contributed by atoms with Gasteiger partial charge in [-0.2, -0.15) is 16.8 Å². The lowest BCUT2D eigenvalue weighted by molar-refractivity contribution is -0.0926. The van der Waals surface area contributed by atoms with Gasteiger partial charge in [-0.25, -0.2) is 0 Å². The van der Waals surface area contributed by atoms with Crippen LogP contribution in [0.3, 0.4) is 0 Å². The summed E-state index contributed by atoms with van der Waals surface area (Å²) in [5.41, 5.74) is 0. The van der Waals surface area contributed by atoms with Crippen molar-refractivity contribution in [2.24, 2.45) is 0 Å². The van der Waals surface area contributed by atoms with Crippen LogP contribution in [-0.4, -0.2) is 23.4 Å². The molecule has 0 radical (unpaired) electrons. The quantitative estimate of drug-likeness (QED) is 0.114. The summed E-state index contributed by atoms with van der Waals surface area (Å²) < 4.78 is 58.4. The Morgan fingerprint density at radius 1 is 0.606 bits per heavy atom. The van der Waals surface area contributed by atoms with Crippen molar-refractivity contribution in [3.8, 4) is 5.75 Å². The highest BCUT2D eigenvalue weighted by atomic mass is 32.2. The Morgan fingerprint density at radius 3 is 1.70 bits per heavy atom. The van der Waals surface area contributed by atoms with Crippen molar-refractivity contribution in [2.75, 3.05) is 6.61 Å². The van der Waals surface area contributed by atoms with Crippen molar-refractivity contribution in [3.63, 3.8) is 0 Å². The van der Waals surface area contributed by atoms with Gasteiger partial charge in [-0.05, 0) is 42.8 Å². The van der Waals surface area contributed by atoms with Gasteiger partial charge in [0.2, 0.25) is 0 Å². The Labute approximate surface area is 198 Å². The van der Waals surface area contributed by atoms with E-state index in [1.807, 2.05) is 0 Å². The molecule has 2 aromatic carbocycles. The first-order chi connectivity index (χ1) is 15.8. The van der Waals surface area contributed by atoms with Gasteiger partial charge in [0.05, 0.1) is 16.4 Å². The van der Waals surface area contributed by atoms with Crippen LogP contribution in [0.4, 0.5) is 0 Å². The summed E-state index contributed by atoms with van der Waals surface area (Å²) in [6, 6.07) is 12.7. The lowest BCUT2D eigenvalue weighted by Gasteiger charge is -2.08. The lowest BCUT2D eigenvalue weighted by atomic mass is 10.1. The van der Waals surface area contributed by atoms with E-state index >= 15 is 0 Å². The molecule has 0 aromatic heterocycles. The first kappa shape index (κ1) is 27.3. The molecule has 0 saturated carbocycles. The molecule has 33 heavy (non-hydrogen) atoms. The van der Waals surface area contributed by atoms with Gasteiger partial charge in [0, 0.05) is 0 Å². The van der Waals surface area contributed by atoms with Gasteiger partial charge in [-0.3, -0.25) is 4.18 Å². The molecule has 184 valence electrons. The second-order valence-corrected chi connectivity index (χ2v) is 11.0. The third-order valence-electron chi connectivity index (χ3n) is 5.10. The van der Waals surface area contributed by atoms with Crippen molar-refractivity contribution < 1.29 is 30.2 Å². The SMILES string of the molecule is CCCCCCCCCCCCOS(=O)(=O)c1ccc(OOS(=O)(=O)c2ccccc2)cc1. The molecule has 0 bridgehead atoms. The average Bonchev–Trinajstić information content (AvgIpc) is 2.82. The minimum absolute atomic E-state index is 0.0344. The molecule has 7 nitrogen and oxygen atoms in total. The van der Waals surface area contributed by atoms with Crippen LogP contribution >= 0.6 is 0 Å². The molecule has 0 unspecified atom stereocenters. The summed E-state index contributed by atoms with van der Waals surface area (Å²) in [4.78, 5) is 4.76. The van der Waals surface area contributed by atoms with E-state index in [4.69, 9.17) is 9.07 Å². The number of benzene rings is 2. The van der Waals surface area contributed by atoms with Crippen molar-refractivity contribution in [3.05, 3.63) is 54.6 Å². The molecule has 2 aromatic rings. The minimum atomic E-state index is -4.09. The maximum atomic E-state index is 12.3. The van der Waals surface area contributed by atoms with E-state index in [2.05, 4.69) is 11.3 Å². The first-order valence-corrected chi connectivity index (χ1v) is 14.3. The highest BCUT2D eigenvalue weighted by molar-refractivity contribution is 7.87. The molecular formula is C24H34O7S2. The van der Waals surface area contributed by atoms with E-state index in [9.17, 15) is 16.8 Å². The molecule has 2 rings (SSSR count). The smallest absolute Gasteiger partial charge is 0.321 e. The molecule has 0 N–H and O–H groups in total. The summed E-state index contributed by atoms with van der Waals surface area (Å²) in [5, 5.41) is 0. The topological polar surface area (TPSA) is 96.0 Å². The molecule has 0 aliphatic rings. The van der Waals surface area contributed by atoms with Crippen molar-refractivity contribution in [1.82, 2.24) is 0 Å². The Kier molecular flexibility index (Phi) is 11.9. The van der Waals surface area contributed by atoms with Crippen molar-refractivity contribution >= 4 is 20.2 Å². The zero-order valence-corrected chi connectivity index (χ0v) is 20.8. The predicted molar refractivity (Wildman–Crippen MR) is 127 cm³/mol. The summed E-state index contributed by atoms with van der Waals surface area (Å²) in [5.74, 6) is 0.0446. The fraction of sp³-hybridized carbons (Fsp3) is 0.500. The van der Waals surface area contributed by atoms with E-state index < -0.39 is 20.2 Å². The Hall–Kier alpha value is -1.94. The van der Waals surface area contributed by atoms with E-state index in [0.717, 1.165) is 12.8 Å². The monoisotopic (exact) mass is 498 g/mol. The zero-order valence-electron chi connectivity index (χ0n) is 19.1. The highest BCUT2D eigenvalue weighted by Gasteiger charge is 2.18. The van der Waals surface area contributed by atoms with Crippen LogP contribution in [0.25, 0.3) is 0 Å². The van der Waals surface area contributed by atoms with Crippen molar-refractivity contribution in [2.45, 2.75) is 80.9 Å². The minimum Gasteiger partial charge on any atom is -0.321 e. The number of hydrogen-bond acceptors (Lipinski definition) is 7. The summed E-state index contributed by atoms with van der Waals surface area (Å²) in [6.45, 7) is 2.35. The van der Waals surface area contributed by atoms with Gasteiger partial charge in [-0.15, -0.1) is 0 Å². The van der Waals surface area contributed by atoms with Crippen LogP contribution < -0.4 is 4.89 Å². The third kappa shape index (κ3) is 10.2. The van der Waals surface area contributed by atoms with Gasteiger partial charge in [0.15, 0.2) is 5.75 Å². The average molecular weight is 499 g/mol. The normalized spacial score (nSPS) is 12.0. The molecule has 0 amide bonds. The van der Waals surface area contributed by atoms with E-state index in [0.29, 0.717) is 6.42 Å². The zero-order chi connectivity index (χ0) is 24.0. The molecule has 0 aliphatic carbocycles. The lowest BCUT2D eigenvalue weighted by Crippen LogP contribution is -2.10. The van der Waals surface area contributed by atoms with Crippen LogP contribution in [0.2, 0.25) is 0 Å². The fourth-order valence-electron chi connectivity index (χ4n) is 3.20.